The van der Waals surface area contributed by atoms with E-state index in [-0.39, 0.29) is 18.3 Å². The van der Waals surface area contributed by atoms with Crippen LogP contribution in [0.2, 0.25) is 0 Å². The number of carbonyl (C=O) groups excluding carboxylic acids is 2. The van der Waals surface area contributed by atoms with E-state index in [1.54, 1.807) is 41.3 Å². The molecule has 5 nitrogen and oxygen atoms in total. The van der Waals surface area contributed by atoms with Gasteiger partial charge in [-0.2, -0.15) is 0 Å². The number of halogens is 1. The van der Waals surface area contributed by atoms with E-state index in [4.69, 9.17) is 10.5 Å². The fourth-order valence-electron chi connectivity index (χ4n) is 2.72. The lowest BCUT2D eigenvalue weighted by Gasteiger charge is -2.17. The second-order valence-corrected chi connectivity index (χ2v) is 5.65. The predicted molar refractivity (Wildman–Crippen MR) is 86.8 cm³/mol. The summed E-state index contributed by atoms with van der Waals surface area (Å²) in [5, 5.41) is 0. The van der Waals surface area contributed by atoms with Crippen molar-refractivity contribution in [1.82, 2.24) is 0 Å². The summed E-state index contributed by atoms with van der Waals surface area (Å²) in [6.07, 6.45) is 0.436. The molecule has 2 amide bonds. The summed E-state index contributed by atoms with van der Waals surface area (Å²) in [4.78, 5) is 24.9. The monoisotopic (exact) mass is 328 g/mol. The third kappa shape index (κ3) is 3.37. The highest BCUT2D eigenvalue weighted by atomic mass is 19.1. The molecule has 2 N–H and O–H groups in total. The molecule has 1 saturated heterocycles. The zero-order chi connectivity index (χ0) is 17.1. The van der Waals surface area contributed by atoms with Gasteiger partial charge in [-0.05, 0) is 48.4 Å². The first-order valence-electron chi connectivity index (χ1n) is 7.62. The van der Waals surface area contributed by atoms with E-state index in [1.807, 2.05) is 0 Å². The maximum Gasteiger partial charge on any atom is 0.239 e. The number of hydrogen-bond acceptors (Lipinski definition) is 3. The number of nitrogens with two attached hydrogens (primary N) is 1. The van der Waals surface area contributed by atoms with Crippen LogP contribution in [0.3, 0.4) is 0 Å². The molecule has 1 aliphatic rings. The summed E-state index contributed by atoms with van der Waals surface area (Å²) >= 11 is 0. The average Bonchev–Trinajstić information content (AvgIpc) is 2.95. The summed E-state index contributed by atoms with van der Waals surface area (Å²) in [7, 11) is 0. The molecule has 124 valence electrons. The van der Waals surface area contributed by atoms with Gasteiger partial charge < -0.3 is 15.4 Å². The largest absolute Gasteiger partial charge is 0.489 e. The highest BCUT2D eigenvalue weighted by Crippen LogP contribution is 2.27. The van der Waals surface area contributed by atoms with Crippen LogP contribution in [0.25, 0.3) is 0 Å². The summed E-state index contributed by atoms with van der Waals surface area (Å²) in [5.41, 5.74) is 6.66. The first kappa shape index (κ1) is 16.0. The molecule has 2 aromatic carbocycles. The van der Waals surface area contributed by atoms with E-state index in [2.05, 4.69) is 0 Å². The van der Waals surface area contributed by atoms with Gasteiger partial charge in [0.05, 0.1) is 0 Å². The molecule has 0 aromatic heterocycles. The number of hydrogen-bond donors (Lipinski definition) is 1. The van der Waals surface area contributed by atoms with Crippen LogP contribution in [-0.4, -0.2) is 18.4 Å². The van der Waals surface area contributed by atoms with Crippen molar-refractivity contribution in [3.05, 3.63) is 59.9 Å². The first-order chi connectivity index (χ1) is 11.5. The number of primary amides is 1. The van der Waals surface area contributed by atoms with Gasteiger partial charge in [0, 0.05) is 12.2 Å². The lowest BCUT2D eigenvalue weighted by molar-refractivity contribution is -0.130. The Balaban J connectivity index is 1.63. The molecule has 2 aromatic rings. The molecular formula is C18H17FN2O3. The minimum atomic E-state index is -0.742. The Morgan fingerprint density at radius 2 is 2.00 bits per heavy atom. The summed E-state index contributed by atoms with van der Waals surface area (Å²) < 4.78 is 18.7. The fraction of sp³-hybridized carbons (Fsp3) is 0.222. The molecule has 6 heteroatoms. The maximum atomic E-state index is 13.1. The van der Waals surface area contributed by atoms with Crippen LogP contribution in [0, 0.1) is 11.7 Å². The van der Waals surface area contributed by atoms with E-state index in [0.29, 0.717) is 24.4 Å². The third-order valence-electron chi connectivity index (χ3n) is 3.99. The summed E-state index contributed by atoms with van der Waals surface area (Å²) in [6, 6.07) is 13.2. The van der Waals surface area contributed by atoms with Gasteiger partial charge in [0.1, 0.15) is 24.1 Å². The molecule has 0 radical (unpaired) electrons. The average molecular weight is 328 g/mol. The molecule has 1 atom stereocenters. The molecule has 0 bridgehead atoms. The molecular weight excluding hydrogens is 311 g/mol. The Hall–Kier alpha value is -2.89. The minimum Gasteiger partial charge on any atom is -0.489 e. The Kier molecular flexibility index (Phi) is 4.46. The van der Waals surface area contributed by atoms with Gasteiger partial charge in [0.2, 0.25) is 11.8 Å². The van der Waals surface area contributed by atoms with Crippen LogP contribution in [-0.2, 0) is 16.2 Å². The molecule has 1 aliphatic heterocycles. The summed E-state index contributed by atoms with van der Waals surface area (Å²) in [6.45, 7) is 0.722. The SMILES string of the molecule is NC(=O)C1CCN(c2ccc(OCc3cccc(F)c3)cc2)C1=O. The first-order valence-corrected chi connectivity index (χ1v) is 7.62. The van der Waals surface area contributed by atoms with Gasteiger partial charge in [-0.15, -0.1) is 0 Å². The molecule has 1 unspecified atom stereocenters. The van der Waals surface area contributed by atoms with E-state index in [0.717, 1.165) is 5.56 Å². The van der Waals surface area contributed by atoms with Gasteiger partial charge in [0.25, 0.3) is 0 Å². The molecule has 0 spiro atoms. The number of anilines is 1. The van der Waals surface area contributed by atoms with E-state index in [1.165, 1.54) is 12.1 Å². The van der Waals surface area contributed by atoms with Gasteiger partial charge in [0.15, 0.2) is 0 Å². The molecule has 24 heavy (non-hydrogen) atoms. The van der Waals surface area contributed by atoms with Gasteiger partial charge in [-0.25, -0.2) is 4.39 Å². The maximum absolute atomic E-state index is 13.1. The zero-order valence-electron chi connectivity index (χ0n) is 12.9. The van der Waals surface area contributed by atoms with E-state index in [9.17, 15) is 14.0 Å². The van der Waals surface area contributed by atoms with Crippen LogP contribution in [0.15, 0.2) is 48.5 Å². The number of nitrogens with zero attached hydrogens (tertiary/aromatic N) is 1. The number of amides is 2. The molecule has 0 aliphatic carbocycles. The minimum absolute atomic E-state index is 0.253. The zero-order valence-corrected chi connectivity index (χ0v) is 12.9. The van der Waals surface area contributed by atoms with Crippen LogP contribution in [0.1, 0.15) is 12.0 Å². The van der Waals surface area contributed by atoms with Crippen LogP contribution >= 0.6 is 0 Å². The predicted octanol–water partition coefficient (Wildman–Crippen LogP) is 2.24. The fourth-order valence-corrected chi connectivity index (χ4v) is 2.72. The lowest BCUT2D eigenvalue weighted by atomic mass is 10.1. The smallest absolute Gasteiger partial charge is 0.239 e. The van der Waals surface area contributed by atoms with Crippen molar-refractivity contribution in [2.75, 3.05) is 11.4 Å². The third-order valence-corrected chi connectivity index (χ3v) is 3.99. The molecule has 1 heterocycles. The van der Waals surface area contributed by atoms with Gasteiger partial charge in [-0.1, -0.05) is 12.1 Å². The van der Waals surface area contributed by atoms with Crippen molar-refractivity contribution in [3.63, 3.8) is 0 Å². The van der Waals surface area contributed by atoms with Crippen molar-refractivity contribution >= 4 is 17.5 Å². The number of carbonyl (C=O) groups is 2. The molecule has 3 rings (SSSR count). The van der Waals surface area contributed by atoms with E-state index < -0.39 is 11.8 Å². The highest BCUT2D eigenvalue weighted by molar-refractivity contribution is 6.09. The Morgan fingerprint density at radius 1 is 1.25 bits per heavy atom. The van der Waals surface area contributed by atoms with E-state index >= 15 is 0 Å². The topological polar surface area (TPSA) is 72.6 Å². The number of rotatable bonds is 5. The van der Waals surface area contributed by atoms with Crippen molar-refractivity contribution in [1.29, 1.82) is 0 Å². The van der Waals surface area contributed by atoms with Crippen LogP contribution in [0.4, 0.5) is 10.1 Å². The Bertz CT molecular complexity index is 761. The Morgan fingerprint density at radius 3 is 2.62 bits per heavy atom. The molecule has 1 fully saturated rings. The lowest BCUT2D eigenvalue weighted by Crippen LogP contribution is -2.33. The number of benzene rings is 2. The van der Waals surface area contributed by atoms with Crippen LogP contribution in [0.5, 0.6) is 5.75 Å². The summed E-state index contributed by atoms with van der Waals surface area (Å²) in [5.74, 6) is -1.29. The normalized spacial score (nSPS) is 17.1. The molecule has 0 saturated carbocycles. The van der Waals surface area contributed by atoms with Crippen molar-refractivity contribution in [2.45, 2.75) is 13.0 Å². The van der Waals surface area contributed by atoms with Gasteiger partial charge in [-0.3, -0.25) is 9.59 Å². The Labute approximate surface area is 138 Å². The second kappa shape index (κ2) is 6.70. The van der Waals surface area contributed by atoms with Crippen molar-refractivity contribution in [3.8, 4) is 5.75 Å². The second-order valence-electron chi connectivity index (χ2n) is 5.65. The standard InChI is InChI=1S/C18H17FN2O3/c19-13-3-1-2-12(10-13)11-24-15-6-4-14(5-7-15)21-9-8-16(17(20)22)18(21)23/h1-7,10,16H,8-9,11H2,(H2,20,22). The van der Waals surface area contributed by atoms with Crippen molar-refractivity contribution < 1.29 is 18.7 Å². The van der Waals surface area contributed by atoms with Crippen molar-refractivity contribution in [2.24, 2.45) is 11.7 Å². The van der Waals surface area contributed by atoms with Gasteiger partial charge >= 0.3 is 0 Å². The quantitative estimate of drug-likeness (QED) is 0.856. The highest BCUT2D eigenvalue weighted by Gasteiger charge is 2.36. The van der Waals surface area contributed by atoms with Crippen LogP contribution < -0.4 is 15.4 Å². The number of ether oxygens (including phenoxy) is 1.